The van der Waals surface area contributed by atoms with E-state index in [2.05, 4.69) is 12.0 Å². The molecular formula is C8H12N2. The molecule has 0 unspecified atom stereocenters. The Bertz CT molecular complexity index is 187. The van der Waals surface area contributed by atoms with Crippen molar-refractivity contribution >= 4 is 6.21 Å². The summed E-state index contributed by atoms with van der Waals surface area (Å²) in [5, 5.41) is 4.15. The van der Waals surface area contributed by atoms with E-state index in [0.717, 1.165) is 12.8 Å². The van der Waals surface area contributed by atoms with Crippen LogP contribution in [0.15, 0.2) is 29.6 Å². The maximum atomic E-state index is 4.15. The minimum absolute atomic E-state index is 1.05. The molecule has 0 radical (unpaired) electrons. The van der Waals surface area contributed by atoms with E-state index < -0.39 is 0 Å². The Balaban J connectivity index is 2.40. The molecular weight excluding hydrogens is 124 g/mol. The highest BCUT2D eigenvalue weighted by molar-refractivity contribution is 5.56. The van der Waals surface area contributed by atoms with Crippen LogP contribution in [0.1, 0.15) is 19.8 Å². The second-order valence-electron chi connectivity index (χ2n) is 2.15. The fourth-order valence-corrected chi connectivity index (χ4v) is 0.684. The third kappa shape index (κ3) is 2.05. The molecule has 1 aromatic heterocycles. The molecule has 0 atom stereocenters. The Hall–Kier alpha value is -1.05. The lowest BCUT2D eigenvalue weighted by Gasteiger charge is -1.88. The Morgan fingerprint density at radius 1 is 1.40 bits per heavy atom. The summed E-state index contributed by atoms with van der Waals surface area (Å²) in [6, 6.07) is 3.92. The quantitative estimate of drug-likeness (QED) is 0.566. The van der Waals surface area contributed by atoms with E-state index in [9.17, 15) is 0 Å². The first kappa shape index (κ1) is 7.06. The molecule has 0 N–H and O–H groups in total. The zero-order valence-corrected chi connectivity index (χ0v) is 6.20. The zero-order chi connectivity index (χ0) is 7.23. The molecule has 1 rings (SSSR count). The average molecular weight is 136 g/mol. The highest BCUT2D eigenvalue weighted by Crippen LogP contribution is 1.88. The molecule has 0 bridgehead atoms. The van der Waals surface area contributed by atoms with Crippen LogP contribution in [-0.4, -0.2) is 10.9 Å². The summed E-state index contributed by atoms with van der Waals surface area (Å²) >= 11 is 0. The van der Waals surface area contributed by atoms with Crippen LogP contribution < -0.4 is 0 Å². The first-order valence-electron chi connectivity index (χ1n) is 3.59. The Morgan fingerprint density at radius 2 is 2.10 bits per heavy atom. The van der Waals surface area contributed by atoms with Crippen molar-refractivity contribution in [3.8, 4) is 0 Å². The molecule has 0 aliphatic rings. The van der Waals surface area contributed by atoms with Crippen molar-refractivity contribution in [1.29, 1.82) is 0 Å². The van der Waals surface area contributed by atoms with Gasteiger partial charge in [-0.1, -0.05) is 13.3 Å². The van der Waals surface area contributed by atoms with Crippen LogP contribution in [0.2, 0.25) is 0 Å². The van der Waals surface area contributed by atoms with Crippen molar-refractivity contribution in [2.24, 2.45) is 5.10 Å². The number of hydrogen-bond acceptors (Lipinski definition) is 1. The molecule has 1 heterocycles. The number of rotatable bonds is 3. The molecule has 0 spiro atoms. The van der Waals surface area contributed by atoms with E-state index in [0.29, 0.717) is 0 Å². The lowest BCUT2D eigenvalue weighted by atomic mass is 10.4. The van der Waals surface area contributed by atoms with E-state index in [1.165, 1.54) is 0 Å². The predicted octanol–water partition coefficient (Wildman–Crippen LogP) is 2.12. The molecule has 54 valence electrons. The molecule has 0 aliphatic carbocycles. The molecule has 2 nitrogen and oxygen atoms in total. The standard InChI is InChI=1S/C8H12N2/c1-2-3-6-9-10-7-4-5-8-10/h4-8H,2-3H2,1H3/b9-6+. The van der Waals surface area contributed by atoms with E-state index in [1.807, 2.05) is 30.7 Å². The number of hydrogen-bond donors (Lipinski definition) is 0. The van der Waals surface area contributed by atoms with Gasteiger partial charge in [-0.25, -0.2) is 4.68 Å². The summed E-state index contributed by atoms with van der Waals surface area (Å²) in [6.07, 6.45) is 7.99. The van der Waals surface area contributed by atoms with Gasteiger partial charge in [0.25, 0.3) is 0 Å². The second-order valence-corrected chi connectivity index (χ2v) is 2.15. The topological polar surface area (TPSA) is 17.3 Å². The Morgan fingerprint density at radius 3 is 2.70 bits per heavy atom. The molecule has 0 fully saturated rings. The van der Waals surface area contributed by atoms with E-state index in [1.54, 1.807) is 4.68 Å². The van der Waals surface area contributed by atoms with Crippen molar-refractivity contribution in [2.75, 3.05) is 0 Å². The van der Waals surface area contributed by atoms with Crippen molar-refractivity contribution < 1.29 is 0 Å². The summed E-state index contributed by atoms with van der Waals surface area (Å²) in [5.41, 5.74) is 0. The fourth-order valence-electron chi connectivity index (χ4n) is 0.684. The smallest absolute Gasteiger partial charge is 0.0284 e. The van der Waals surface area contributed by atoms with Gasteiger partial charge in [0.15, 0.2) is 0 Å². The normalized spacial score (nSPS) is 10.9. The SMILES string of the molecule is CCC/C=N/n1cccc1. The summed E-state index contributed by atoms with van der Waals surface area (Å²) < 4.78 is 1.80. The Kier molecular flexibility index (Phi) is 2.74. The van der Waals surface area contributed by atoms with Gasteiger partial charge in [-0.05, 0) is 18.6 Å². The summed E-state index contributed by atoms with van der Waals surface area (Å²) in [6.45, 7) is 2.14. The molecule has 0 amide bonds. The molecule has 0 aliphatic heterocycles. The van der Waals surface area contributed by atoms with Crippen LogP contribution in [0.25, 0.3) is 0 Å². The minimum atomic E-state index is 1.05. The van der Waals surface area contributed by atoms with Gasteiger partial charge >= 0.3 is 0 Å². The summed E-state index contributed by atoms with van der Waals surface area (Å²) in [7, 11) is 0. The monoisotopic (exact) mass is 136 g/mol. The number of nitrogens with zero attached hydrogens (tertiary/aromatic N) is 2. The molecule has 1 aromatic rings. The van der Waals surface area contributed by atoms with Crippen molar-refractivity contribution in [1.82, 2.24) is 4.68 Å². The van der Waals surface area contributed by atoms with Crippen molar-refractivity contribution in [2.45, 2.75) is 19.8 Å². The average Bonchev–Trinajstić information content (AvgIpc) is 2.41. The van der Waals surface area contributed by atoms with Gasteiger partial charge in [-0.2, -0.15) is 5.10 Å². The van der Waals surface area contributed by atoms with Crippen LogP contribution in [0, 0.1) is 0 Å². The minimum Gasteiger partial charge on any atom is -0.249 e. The van der Waals surface area contributed by atoms with Crippen molar-refractivity contribution in [3.05, 3.63) is 24.5 Å². The van der Waals surface area contributed by atoms with E-state index >= 15 is 0 Å². The zero-order valence-electron chi connectivity index (χ0n) is 6.20. The number of unbranched alkanes of at least 4 members (excludes halogenated alkanes) is 1. The summed E-state index contributed by atoms with van der Waals surface area (Å²) in [5.74, 6) is 0. The molecule has 0 aromatic carbocycles. The molecule has 0 saturated carbocycles. The second kappa shape index (κ2) is 3.88. The van der Waals surface area contributed by atoms with Crippen LogP contribution in [0.3, 0.4) is 0 Å². The van der Waals surface area contributed by atoms with Gasteiger partial charge in [0.1, 0.15) is 0 Å². The van der Waals surface area contributed by atoms with Crippen LogP contribution in [0.5, 0.6) is 0 Å². The first-order valence-corrected chi connectivity index (χ1v) is 3.59. The lowest BCUT2D eigenvalue weighted by Crippen LogP contribution is -1.82. The lowest BCUT2D eigenvalue weighted by molar-refractivity contribution is 0.878. The Labute approximate surface area is 61.2 Å². The van der Waals surface area contributed by atoms with E-state index in [4.69, 9.17) is 0 Å². The largest absolute Gasteiger partial charge is 0.249 e. The molecule has 2 heteroatoms. The van der Waals surface area contributed by atoms with Gasteiger partial charge < -0.3 is 0 Å². The maximum Gasteiger partial charge on any atom is 0.0284 e. The van der Waals surface area contributed by atoms with Gasteiger partial charge in [0.05, 0.1) is 0 Å². The van der Waals surface area contributed by atoms with Crippen LogP contribution in [0.4, 0.5) is 0 Å². The molecule has 0 saturated heterocycles. The van der Waals surface area contributed by atoms with Crippen LogP contribution >= 0.6 is 0 Å². The summed E-state index contributed by atoms with van der Waals surface area (Å²) in [4.78, 5) is 0. The van der Waals surface area contributed by atoms with Crippen LogP contribution in [-0.2, 0) is 0 Å². The molecule has 10 heavy (non-hydrogen) atoms. The predicted molar refractivity (Wildman–Crippen MR) is 43.2 cm³/mol. The van der Waals surface area contributed by atoms with Gasteiger partial charge in [0, 0.05) is 18.6 Å². The van der Waals surface area contributed by atoms with Gasteiger partial charge in [-0.15, -0.1) is 0 Å². The van der Waals surface area contributed by atoms with Gasteiger partial charge in [0.2, 0.25) is 0 Å². The van der Waals surface area contributed by atoms with Crippen molar-refractivity contribution in [3.63, 3.8) is 0 Å². The maximum absolute atomic E-state index is 4.15. The fraction of sp³-hybridized carbons (Fsp3) is 0.375. The third-order valence-corrected chi connectivity index (χ3v) is 1.22. The number of aromatic nitrogens is 1. The van der Waals surface area contributed by atoms with Gasteiger partial charge in [-0.3, -0.25) is 0 Å². The first-order chi connectivity index (χ1) is 4.93. The third-order valence-electron chi connectivity index (χ3n) is 1.22. The highest BCUT2D eigenvalue weighted by Gasteiger charge is 1.78. The van der Waals surface area contributed by atoms with E-state index in [-0.39, 0.29) is 0 Å². The highest BCUT2D eigenvalue weighted by atomic mass is 15.3.